The van der Waals surface area contributed by atoms with Gasteiger partial charge in [-0.1, -0.05) is 40.8 Å². The lowest BCUT2D eigenvalue weighted by Crippen LogP contribution is -1.79. The van der Waals surface area contributed by atoms with Gasteiger partial charge in [0.25, 0.3) is 0 Å². The molecule has 0 N–H and O–H groups in total. The zero-order valence-electron chi connectivity index (χ0n) is 7.79. The summed E-state index contributed by atoms with van der Waals surface area (Å²) in [7, 11) is 0. The Bertz CT molecular complexity index is 379. The van der Waals surface area contributed by atoms with E-state index in [1.54, 1.807) is 0 Å². The van der Waals surface area contributed by atoms with E-state index in [1.807, 2.05) is 35.4 Å². The first-order valence-electron chi connectivity index (χ1n) is 4.06. The van der Waals surface area contributed by atoms with Gasteiger partial charge in [-0.25, -0.2) is 0 Å². The van der Waals surface area contributed by atoms with E-state index in [0.29, 0.717) is 0 Å². The minimum absolute atomic E-state index is 1.08. The molecule has 1 nitrogen and oxygen atoms in total. The molecule has 0 unspecified atom stereocenters. The van der Waals surface area contributed by atoms with Crippen LogP contribution >= 0.6 is 22.6 Å². The predicted molar refractivity (Wildman–Crippen MR) is 66.4 cm³/mol. The largest absolute Gasteiger partial charge is 0.256 e. The molecule has 0 atom stereocenters. The number of fused-ring (bicyclic) bond motifs is 1. The van der Waals surface area contributed by atoms with Crippen molar-refractivity contribution in [3.05, 3.63) is 42.1 Å². The molecule has 0 spiro atoms. The second-order valence-corrected chi connectivity index (χ2v) is 2.64. The number of hydrogen-bond donors (Lipinski definition) is 0. The lowest BCUT2D eigenvalue weighted by Gasteiger charge is -1.97. The fourth-order valence-corrected chi connectivity index (χ4v) is 1.24. The molecule has 2 aromatic rings. The van der Waals surface area contributed by atoms with Crippen LogP contribution in [0.25, 0.3) is 10.9 Å². The van der Waals surface area contributed by atoms with Gasteiger partial charge in [0.1, 0.15) is 0 Å². The first-order valence-corrected chi connectivity index (χ1v) is 6.22. The summed E-state index contributed by atoms with van der Waals surface area (Å²) in [5, 5.41) is 1.25. The lowest BCUT2D eigenvalue weighted by molar-refractivity contribution is 1.37. The van der Waals surface area contributed by atoms with Crippen molar-refractivity contribution in [1.82, 2.24) is 4.98 Å². The van der Waals surface area contributed by atoms with Gasteiger partial charge in [-0.3, -0.25) is 4.98 Å². The zero-order valence-corrected chi connectivity index (χ0v) is 9.95. The fraction of sp³-hybridized carbons (Fsp3) is 0.182. The quantitative estimate of drug-likeness (QED) is 0.532. The van der Waals surface area contributed by atoms with Crippen LogP contribution in [0.1, 0.15) is 5.56 Å². The number of halogens is 1. The average Bonchev–Trinajstić information content (AvgIpc) is 2.22. The maximum absolute atomic E-state index is 4.24. The van der Waals surface area contributed by atoms with E-state index >= 15 is 0 Å². The highest BCUT2D eigenvalue weighted by atomic mass is 127. The molecule has 0 aliphatic carbocycles. The summed E-state index contributed by atoms with van der Waals surface area (Å²) in [6, 6.07) is 10.2. The first-order chi connectivity index (χ1) is 6.38. The topological polar surface area (TPSA) is 12.9 Å². The van der Waals surface area contributed by atoms with E-state index in [2.05, 4.69) is 40.6 Å². The molecule has 1 heterocycles. The molecule has 0 saturated carbocycles. The van der Waals surface area contributed by atoms with Crippen LogP contribution in [0.15, 0.2) is 36.5 Å². The highest BCUT2D eigenvalue weighted by Crippen LogP contribution is 2.13. The van der Waals surface area contributed by atoms with Gasteiger partial charge in [-0.2, -0.15) is 0 Å². The van der Waals surface area contributed by atoms with Crippen LogP contribution in [0, 0.1) is 6.92 Å². The number of nitrogens with zero attached hydrogens (tertiary/aromatic N) is 1. The molecule has 0 aliphatic rings. The van der Waals surface area contributed by atoms with Crippen molar-refractivity contribution in [2.24, 2.45) is 0 Å². The number of aromatic nitrogens is 1. The normalized spacial score (nSPS) is 9.15. The number of alkyl halides is 1. The van der Waals surface area contributed by atoms with Crippen molar-refractivity contribution in [3.8, 4) is 0 Å². The summed E-state index contributed by atoms with van der Waals surface area (Å²) in [5.74, 6) is 0. The van der Waals surface area contributed by atoms with Crippen LogP contribution in [-0.2, 0) is 0 Å². The van der Waals surface area contributed by atoms with Gasteiger partial charge in [0.05, 0.1) is 5.52 Å². The Morgan fingerprint density at radius 2 is 1.77 bits per heavy atom. The van der Waals surface area contributed by atoms with E-state index in [-0.39, 0.29) is 0 Å². The third-order valence-electron chi connectivity index (χ3n) is 1.87. The molecule has 13 heavy (non-hydrogen) atoms. The maximum atomic E-state index is 4.24. The van der Waals surface area contributed by atoms with E-state index in [4.69, 9.17) is 0 Å². The molecule has 0 fully saturated rings. The van der Waals surface area contributed by atoms with Crippen LogP contribution in [0.5, 0.6) is 0 Å². The number of aryl methyl sites for hydroxylation is 1. The van der Waals surface area contributed by atoms with E-state index in [1.165, 1.54) is 10.9 Å². The van der Waals surface area contributed by atoms with E-state index in [0.717, 1.165) is 5.52 Å². The summed E-state index contributed by atoms with van der Waals surface area (Å²) in [6.07, 6.45) is 1.84. The fourth-order valence-electron chi connectivity index (χ4n) is 1.24. The number of para-hydroxylation sites is 1. The molecule has 0 radical (unpaired) electrons. The van der Waals surface area contributed by atoms with Gasteiger partial charge in [-0.15, -0.1) is 0 Å². The Labute approximate surface area is 92.3 Å². The third-order valence-corrected chi connectivity index (χ3v) is 1.87. The molecule has 0 amide bonds. The van der Waals surface area contributed by atoms with E-state index in [9.17, 15) is 0 Å². The van der Waals surface area contributed by atoms with Crippen LogP contribution in [0.3, 0.4) is 0 Å². The van der Waals surface area contributed by atoms with Gasteiger partial charge in [0.15, 0.2) is 0 Å². The smallest absolute Gasteiger partial charge is 0.0704 e. The van der Waals surface area contributed by atoms with Gasteiger partial charge in [0.2, 0.25) is 0 Å². The molecule has 2 rings (SSSR count). The van der Waals surface area contributed by atoms with Gasteiger partial charge >= 0.3 is 0 Å². The monoisotopic (exact) mass is 285 g/mol. The summed E-state index contributed by atoms with van der Waals surface area (Å²) in [4.78, 5) is 6.21. The molecule has 68 valence electrons. The molecule has 0 bridgehead atoms. The van der Waals surface area contributed by atoms with Crippen molar-refractivity contribution >= 4 is 33.5 Å². The second kappa shape index (κ2) is 5.17. The first kappa shape index (κ1) is 10.4. The van der Waals surface area contributed by atoms with Gasteiger partial charge < -0.3 is 0 Å². The van der Waals surface area contributed by atoms with Crippen molar-refractivity contribution in [3.63, 3.8) is 0 Å². The summed E-state index contributed by atoms with van der Waals surface area (Å²) in [5.41, 5.74) is 2.36. The van der Waals surface area contributed by atoms with Gasteiger partial charge in [0, 0.05) is 11.6 Å². The molecule has 1 aromatic heterocycles. The summed E-state index contributed by atoms with van der Waals surface area (Å²) in [6.45, 7) is 2.10. The predicted octanol–water partition coefficient (Wildman–Crippen LogP) is 3.59. The Morgan fingerprint density at radius 3 is 2.46 bits per heavy atom. The molecule has 2 heteroatoms. The zero-order chi connectivity index (χ0) is 9.68. The number of pyridine rings is 1. The number of benzene rings is 1. The SMILES string of the molecule is CI.Cc1ccnc2ccccc12. The third kappa shape index (κ3) is 2.40. The Hall–Kier alpha value is -0.640. The standard InChI is InChI=1S/C10H9N.CH3I/c1-8-6-7-11-10-5-3-2-4-9(8)10;1-2/h2-7H,1H3;1H3. The van der Waals surface area contributed by atoms with E-state index < -0.39 is 0 Å². The average molecular weight is 285 g/mol. The minimum Gasteiger partial charge on any atom is -0.256 e. The number of hydrogen-bond acceptors (Lipinski definition) is 1. The lowest BCUT2D eigenvalue weighted by atomic mass is 10.1. The van der Waals surface area contributed by atoms with Crippen LogP contribution in [0.4, 0.5) is 0 Å². The van der Waals surface area contributed by atoms with Crippen LogP contribution < -0.4 is 0 Å². The van der Waals surface area contributed by atoms with Crippen LogP contribution in [-0.4, -0.2) is 9.91 Å². The maximum Gasteiger partial charge on any atom is 0.0704 e. The summed E-state index contributed by atoms with van der Waals surface area (Å²) < 4.78 is 0. The van der Waals surface area contributed by atoms with Crippen molar-refractivity contribution < 1.29 is 0 Å². The molecule has 1 aromatic carbocycles. The van der Waals surface area contributed by atoms with Crippen molar-refractivity contribution in [1.29, 1.82) is 0 Å². The number of rotatable bonds is 0. The minimum atomic E-state index is 1.08. The van der Waals surface area contributed by atoms with Crippen LogP contribution in [0.2, 0.25) is 0 Å². The molecular formula is C11H12IN. The second-order valence-electron chi connectivity index (χ2n) is 2.64. The summed E-state index contributed by atoms with van der Waals surface area (Å²) >= 11 is 2.15. The molecule has 0 aliphatic heterocycles. The Morgan fingerprint density at radius 1 is 1.08 bits per heavy atom. The molecule has 0 saturated heterocycles. The Balaban J connectivity index is 0.000000396. The highest BCUT2D eigenvalue weighted by Gasteiger charge is 1.93. The Kier molecular flexibility index (Phi) is 4.15. The highest BCUT2D eigenvalue weighted by molar-refractivity contribution is 14.1. The van der Waals surface area contributed by atoms with Crippen molar-refractivity contribution in [2.45, 2.75) is 6.92 Å². The van der Waals surface area contributed by atoms with Gasteiger partial charge in [-0.05, 0) is 29.6 Å². The van der Waals surface area contributed by atoms with Crippen molar-refractivity contribution in [2.75, 3.05) is 4.93 Å². The molecular weight excluding hydrogens is 273 g/mol.